The van der Waals surface area contributed by atoms with Crippen LogP contribution in [0.5, 0.6) is 11.6 Å². The van der Waals surface area contributed by atoms with Crippen LogP contribution in [0.15, 0.2) is 30.5 Å². The first-order valence-corrected chi connectivity index (χ1v) is 6.20. The number of halogens is 1. The summed E-state index contributed by atoms with van der Waals surface area (Å²) in [6.07, 6.45) is 2.61. The molecular weight excluding hydrogens is 245 g/mol. The van der Waals surface area contributed by atoms with Crippen molar-refractivity contribution >= 4 is 5.95 Å². The molecule has 0 saturated heterocycles. The lowest BCUT2D eigenvalue weighted by atomic mass is 10.2. The Morgan fingerprint density at radius 1 is 1.32 bits per heavy atom. The van der Waals surface area contributed by atoms with Gasteiger partial charge in [0.2, 0.25) is 11.8 Å². The molecule has 0 aliphatic carbocycles. The first-order valence-electron chi connectivity index (χ1n) is 6.20. The van der Waals surface area contributed by atoms with Crippen LogP contribution < -0.4 is 10.1 Å². The zero-order valence-electron chi connectivity index (χ0n) is 11.0. The van der Waals surface area contributed by atoms with Crippen LogP contribution in [0.25, 0.3) is 0 Å². The molecule has 0 unspecified atom stereocenters. The van der Waals surface area contributed by atoms with E-state index in [9.17, 15) is 4.39 Å². The fourth-order valence-electron chi connectivity index (χ4n) is 1.52. The van der Waals surface area contributed by atoms with E-state index >= 15 is 0 Å². The number of ether oxygens (including phenoxy) is 1. The SMILES string of the molecule is CCCNc1nccc(Oc2ccc(F)c(C)c2)n1. The number of aryl methyl sites for hydroxylation is 1. The number of rotatable bonds is 5. The highest BCUT2D eigenvalue weighted by atomic mass is 19.1. The molecule has 1 heterocycles. The average molecular weight is 261 g/mol. The largest absolute Gasteiger partial charge is 0.439 e. The molecule has 1 aromatic heterocycles. The Labute approximate surface area is 111 Å². The van der Waals surface area contributed by atoms with E-state index in [1.165, 1.54) is 6.07 Å². The minimum atomic E-state index is -0.250. The van der Waals surface area contributed by atoms with Gasteiger partial charge in [-0.05, 0) is 37.1 Å². The third-order valence-corrected chi connectivity index (χ3v) is 2.51. The molecule has 0 atom stereocenters. The van der Waals surface area contributed by atoms with Crippen molar-refractivity contribution in [2.45, 2.75) is 20.3 Å². The van der Waals surface area contributed by atoms with Crippen LogP contribution in [0.1, 0.15) is 18.9 Å². The smallest absolute Gasteiger partial charge is 0.225 e. The number of nitrogens with zero attached hydrogens (tertiary/aromatic N) is 2. The number of aromatic nitrogens is 2. The van der Waals surface area contributed by atoms with Gasteiger partial charge in [0.15, 0.2) is 0 Å². The Kier molecular flexibility index (Phi) is 4.28. The van der Waals surface area contributed by atoms with Crippen molar-refractivity contribution < 1.29 is 9.13 Å². The van der Waals surface area contributed by atoms with Gasteiger partial charge in [0, 0.05) is 18.8 Å². The van der Waals surface area contributed by atoms with E-state index in [0.717, 1.165) is 13.0 Å². The van der Waals surface area contributed by atoms with Crippen LogP contribution in [0, 0.1) is 12.7 Å². The number of nitrogens with one attached hydrogen (secondary N) is 1. The summed E-state index contributed by atoms with van der Waals surface area (Å²) in [5, 5.41) is 3.08. The maximum Gasteiger partial charge on any atom is 0.225 e. The lowest BCUT2D eigenvalue weighted by molar-refractivity contribution is 0.460. The molecule has 0 fully saturated rings. The summed E-state index contributed by atoms with van der Waals surface area (Å²) in [7, 11) is 0. The molecule has 100 valence electrons. The van der Waals surface area contributed by atoms with Gasteiger partial charge in [0.25, 0.3) is 0 Å². The molecule has 0 aliphatic rings. The standard InChI is InChI=1S/C14H16FN3O/c1-3-7-16-14-17-8-6-13(18-14)19-11-4-5-12(15)10(2)9-11/h4-6,8-9H,3,7H2,1-2H3,(H,16,17,18). The second-order valence-electron chi connectivity index (χ2n) is 4.16. The lowest BCUT2D eigenvalue weighted by Crippen LogP contribution is -2.04. The molecule has 0 saturated carbocycles. The summed E-state index contributed by atoms with van der Waals surface area (Å²) in [5.74, 6) is 1.26. The molecule has 2 aromatic rings. The normalized spacial score (nSPS) is 10.3. The van der Waals surface area contributed by atoms with Crippen molar-refractivity contribution in [1.29, 1.82) is 0 Å². The quantitative estimate of drug-likeness (QED) is 0.894. The van der Waals surface area contributed by atoms with Crippen molar-refractivity contribution in [3.63, 3.8) is 0 Å². The van der Waals surface area contributed by atoms with Gasteiger partial charge in [-0.25, -0.2) is 9.37 Å². The van der Waals surface area contributed by atoms with E-state index in [0.29, 0.717) is 23.1 Å². The van der Waals surface area contributed by atoms with Crippen LogP contribution in [0.2, 0.25) is 0 Å². The van der Waals surface area contributed by atoms with Gasteiger partial charge in [-0.2, -0.15) is 4.98 Å². The molecule has 0 bridgehead atoms. The monoisotopic (exact) mass is 261 g/mol. The number of hydrogen-bond acceptors (Lipinski definition) is 4. The minimum absolute atomic E-state index is 0.250. The second kappa shape index (κ2) is 6.13. The number of hydrogen-bond donors (Lipinski definition) is 1. The Morgan fingerprint density at radius 3 is 2.89 bits per heavy atom. The second-order valence-corrected chi connectivity index (χ2v) is 4.16. The summed E-state index contributed by atoms with van der Waals surface area (Å²) in [4.78, 5) is 8.31. The Bertz CT molecular complexity index is 560. The van der Waals surface area contributed by atoms with Crippen LogP contribution in [-0.4, -0.2) is 16.5 Å². The highest BCUT2D eigenvalue weighted by Crippen LogP contribution is 2.22. The molecule has 2 rings (SSSR count). The summed E-state index contributed by atoms with van der Waals surface area (Å²) < 4.78 is 18.7. The summed E-state index contributed by atoms with van der Waals surface area (Å²) >= 11 is 0. The van der Waals surface area contributed by atoms with Crippen molar-refractivity contribution in [3.8, 4) is 11.6 Å². The molecule has 0 radical (unpaired) electrons. The van der Waals surface area contributed by atoms with Gasteiger partial charge in [0.05, 0.1) is 0 Å². The van der Waals surface area contributed by atoms with Crippen molar-refractivity contribution in [3.05, 3.63) is 41.8 Å². The predicted molar refractivity (Wildman–Crippen MR) is 72.0 cm³/mol. The molecule has 0 aliphatic heterocycles. The first kappa shape index (κ1) is 13.3. The van der Waals surface area contributed by atoms with Gasteiger partial charge in [-0.1, -0.05) is 6.92 Å². The average Bonchev–Trinajstić information content (AvgIpc) is 2.41. The number of benzene rings is 1. The van der Waals surface area contributed by atoms with Crippen molar-refractivity contribution in [2.75, 3.05) is 11.9 Å². The Morgan fingerprint density at radius 2 is 2.16 bits per heavy atom. The highest BCUT2D eigenvalue weighted by molar-refractivity contribution is 5.33. The first-order chi connectivity index (χ1) is 9.19. The molecule has 0 amide bonds. The highest BCUT2D eigenvalue weighted by Gasteiger charge is 2.03. The van der Waals surface area contributed by atoms with E-state index in [1.807, 2.05) is 0 Å². The van der Waals surface area contributed by atoms with Crippen molar-refractivity contribution in [2.24, 2.45) is 0 Å². The third-order valence-electron chi connectivity index (χ3n) is 2.51. The summed E-state index contributed by atoms with van der Waals surface area (Å²) in [6, 6.07) is 6.25. The maximum atomic E-state index is 13.1. The van der Waals surface area contributed by atoms with Crippen LogP contribution in [0.3, 0.4) is 0 Å². The van der Waals surface area contributed by atoms with E-state index in [2.05, 4.69) is 22.2 Å². The number of anilines is 1. The topological polar surface area (TPSA) is 47.0 Å². The fourth-order valence-corrected chi connectivity index (χ4v) is 1.52. The summed E-state index contributed by atoms with van der Waals surface area (Å²) in [5.41, 5.74) is 0.538. The lowest BCUT2D eigenvalue weighted by Gasteiger charge is -2.07. The van der Waals surface area contributed by atoms with E-state index in [1.54, 1.807) is 31.3 Å². The molecule has 5 heteroatoms. The zero-order chi connectivity index (χ0) is 13.7. The van der Waals surface area contributed by atoms with Crippen LogP contribution >= 0.6 is 0 Å². The van der Waals surface area contributed by atoms with E-state index in [4.69, 9.17) is 4.74 Å². The van der Waals surface area contributed by atoms with Gasteiger partial charge in [-0.3, -0.25) is 0 Å². The van der Waals surface area contributed by atoms with Gasteiger partial charge >= 0.3 is 0 Å². The minimum Gasteiger partial charge on any atom is -0.439 e. The molecular formula is C14H16FN3O. The fraction of sp³-hybridized carbons (Fsp3) is 0.286. The maximum absolute atomic E-state index is 13.1. The Hall–Kier alpha value is -2.17. The van der Waals surface area contributed by atoms with Gasteiger partial charge < -0.3 is 10.1 Å². The van der Waals surface area contributed by atoms with Crippen LogP contribution in [-0.2, 0) is 0 Å². The van der Waals surface area contributed by atoms with Crippen LogP contribution in [0.4, 0.5) is 10.3 Å². The van der Waals surface area contributed by atoms with E-state index in [-0.39, 0.29) is 5.82 Å². The molecule has 1 N–H and O–H groups in total. The predicted octanol–water partition coefficient (Wildman–Crippen LogP) is 3.54. The molecule has 4 nitrogen and oxygen atoms in total. The zero-order valence-corrected chi connectivity index (χ0v) is 11.0. The molecule has 19 heavy (non-hydrogen) atoms. The van der Waals surface area contributed by atoms with Gasteiger partial charge in [-0.15, -0.1) is 0 Å². The third kappa shape index (κ3) is 3.64. The van der Waals surface area contributed by atoms with Crippen molar-refractivity contribution in [1.82, 2.24) is 9.97 Å². The van der Waals surface area contributed by atoms with E-state index < -0.39 is 0 Å². The molecule has 0 spiro atoms. The molecule has 1 aromatic carbocycles. The van der Waals surface area contributed by atoms with Gasteiger partial charge in [0.1, 0.15) is 11.6 Å². The Balaban J connectivity index is 2.11. The summed E-state index contributed by atoms with van der Waals surface area (Å²) in [6.45, 7) is 4.56.